The van der Waals surface area contributed by atoms with Crippen LogP contribution in [0.5, 0.6) is 0 Å². The van der Waals surface area contributed by atoms with E-state index in [1.807, 2.05) is 30.3 Å². The normalized spacial score (nSPS) is 21.4. The Morgan fingerprint density at radius 1 is 1.19 bits per heavy atom. The van der Waals surface area contributed by atoms with Crippen molar-refractivity contribution in [2.45, 2.75) is 44.7 Å². The monoisotopic (exact) mass is 387 g/mol. The number of carbonyl (C=O) groups is 1. The zero-order valence-electron chi connectivity index (χ0n) is 15.6. The predicted octanol–water partition coefficient (Wildman–Crippen LogP) is 2.54. The number of sulfone groups is 1. The Morgan fingerprint density at radius 3 is 2.67 bits per heavy atom. The predicted molar refractivity (Wildman–Crippen MR) is 104 cm³/mol. The second-order valence-corrected chi connectivity index (χ2v) is 9.76. The highest BCUT2D eigenvalue weighted by atomic mass is 32.2. The molecule has 3 heterocycles. The summed E-state index contributed by atoms with van der Waals surface area (Å²) in [6.07, 6.45) is 4.60. The summed E-state index contributed by atoms with van der Waals surface area (Å²) in [5.74, 6) is 0.885. The van der Waals surface area contributed by atoms with Gasteiger partial charge in [0.15, 0.2) is 9.84 Å². The Labute approximate surface area is 160 Å². The average molecular weight is 388 g/mol. The van der Waals surface area contributed by atoms with Crippen LogP contribution in [0, 0.1) is 0 Å². The van der Waals surface area contributed by atoms with Crippen molar-refractivity contribution in [3.05, 3.63) is 41.7 Å². The summed E-state index contributed by atoms with van der Waals surface area (Å²) in [7, 11) is -1.33. The topological polar surface area (TPSA) is 72.3 Å². The number of fused-ring (bicyclic) bond motifs is 1. The molecule has 1 atom stereocenters. The van der Waals surface area contributed by atoms with E-state index in [0.717, 1.165) is 49.3 Å². The fourth-order valence-electron chi connectivity index (χ4n) is 4.11. The van der Waals surface area contributed by atoms with Crippen LogP contribution >= 0.6 is 0 Å². The lowest BCUT2D eigenvalue weighted by molar-refractivity contribution is 0.0741. The number of nitrogens with zero attached hydrogens (tertiary/aromatic N) is 3. The van der Waals surface area contributed by atoms with Gasteiger partial charge in [0.2, 0.25) is 0 Å². The van der Waals surface area contributed by atoms with Crippen LogP contribution in [0.15, 0.2) is 30.3 Å². The molecule has 7 heteroatoms. The number of imidazole rings is 1. The van der Waals surface area contributed by atoms with E-state index in [4.69, 9.17) is 4.98 Å². The molecule has 1 aromatic carbocycles. The molecule has 27 heavy (non-hydrogen) atoms. The highest BCUT2D eigenvalue weighted by Crippen LogP contribution is 2.28. The molecule has 2 aliphatic heterocycles. The first-order chi connectivity index (χ1) is 13.0. The van der Waals surface area contributed by atoms with Crippen LogP contribution in [-0.2, 0) is 22.8 Å². The summed E-state index contributed by atoms with van der Waals surface area (Å²) in [4.78, 5) is 19.6. The van der Waals surface area contributed by atoms with Crippen LogP contribution in [0.25, 0.3) is 11.4 Å². The van der Waals surface area contributed by atoms with Gasteiger partial charge in [-0.05, 0) is 25.7 Å². The maximum absolute atomic E-state index is 13.2. The number of aromatic nitrogens is 2. The second-order valence-electron chi connectivity index (χ2n) is 7.53. The molecule has 2 aromatic rings. The van der Waals surface area contributed by atoms with Crippen molar-refractivity contribution >= 4 is 15.7 Å². The van der Waals surface area contributed by atoms with Gasteiger partial charge in [0, 0.05) is 25.2 Å². The van der Waals surface area contributed by atoms with E-state index in [1.165, 1.54) is 0 Å². The number of hydrogen-bond acceptors (Lipinski definition) is 4. The zero-order valence-corrected chi connectivity index (χ0v) is 16.4. The van der Waals surface area contributed by atoms with Gasteiger partial charge < -0.3 is 9.47 Å². The molecule has 0 aliphatic carbocycles. The van der Waals surface area contributed by atoms with Crippen LogP contribution < -0.4 is 0 Å². The fourth-order valence-corrected chi connectivity index (χ4v) is 5.89. The van der Waals surface area contributed by atoms with Crippen LogP contribution in [0.1, 0.15) is 41.9 Å². The number of carbonyl (C=O) groups excluding carboxylic acids is 1. The number of benzene rings is 1. The van der Waals surface area contributed by atoms with Crippen molar-refractivity contribution in [2.24, 2.45) is 0 Å². The minimum absolute atomic E-state index is 0.0524. The summed E-state index contributed by atoms with van der Waals surface area (Å²) < 4.78 is 25.8. The molecule has 6 nitrogen and oxygen atoms in total. The zero-order chi connectivity index (χ0) is 19.0. The van der Waals surface area contributed by atoms with Crippen molar-refractivity contribution in [3.63, 3.8) is 0 Å². The minimum atomic E-state index is -3.04. The van der Waals surface area contributed by atoms with Gasteiger partial charge in [-0.1, -0.05) is 36.8 Å². The summed E-state index contributed by atoms with van der Waals surface area (Å²) in [6, 6.07) is 9.70. The van der Waals surface area contributed by atoms with E-state index >= 15 is 0 Å². The molecular formula is C20H25N3O3S. The quantitative estimate of drug-likeness (QED) is 0.811. The molecule has 144 valence electrons. The van der Waals surface area contributed by atoms with Crippen LogP contribution in [-0.4, -0.2) is 53.4 Å². The molecule has 1 fully saturated rings. The maximum atomic E-state index is 13.2. The summed E-state index contributed by atoms with van der Waals surface area (Å²) in [5, 5.41) is 0. The van der Waals surface area contributed by atoms with Crippen molar-refractivity contribution in [2.75, 3.05) is 18.6 Å². The Hall–Kier alpha value is -2.15. The van der Waals surface area contributed by atoms with E-state index in [1.54, 1.807) is 11.9 Å². The van der Waals surface area contributed by atoms with Gasteiger partial charge in [-0.15, -0.1) is 0 Å². The Kier molecular flexibility index (Phi) is 4.80. The molecule has 2 aliphatic rings. The van der Waals surface area contributed by atoms with Gasteiger partial charge in [-0.2, -0.15) is 0 Å². The number of amides is 1. The van der Waals surface area contributed by atoms with Crippen molar-refractivity contribution in [3.8, 4) is 11.4 Å². The number of rotatable bonds is 3. The standard InChI is InChI=1S/C20H25N3O3S/c1-22(16-11-13-27(25,26)14-16)20(24)18-17-10-6-3-7-12-23(17)19(21-18)15-8-4-2-5-9-15/h2,4-5,8-9,16H,3,6-7,10-14H2,1H3/t16-/m0/s1. The lowest BCUT2D eigenvalue weighted by atomic mass is 10.1. The first kappa shape index (κ1) is 18.2. The largest absolute Gasteiger partial charge is 0.336 e. The van der Waals surface area contributed by atoms with Crippen LogP contribution in [0.2, 0.25) is 0 Å². The van der Waals surface area contributed by atoms with Crippen LogP contribution in [0.4, 0.5) is 0 Å². The van der Waals surface area contributed by atoms with Crippen molar-refractivity contribution < 1.29 is 13.2 Å². The number of hydrogen-bond donors (Lipinski definition) is 0. The molecule has 0 bridgehead atoms. The van der Waals surface area contributed by atoms with Gasteiger partial charge in [-0.3, -0.25) is 4.79 Å². The van der Waals surface area contributed by atoms with Gasteiger partial charge in [0.1, 0.15) is 11.5 Å². The summed E-state index contributed by atoms with van der Waals surface area (Å²) in [6.45, 7) is 0.862. The smallest absolute Gasteiger partial charge is 0.274 e. The Bertz CT molecular complexity index is 950. The van der Waals surface area contributed by atoms with Gasteiger partial charge in [-0.25, -0.2) is 13.4 Å². The third-order valence-corrected chi connectivity index (χ3v) is 7.43. The molecule has 0 unspecified atom stereocenters. The average Bonchev–Trinajstić information content (AvgIpc) is 3.11. The third kappa shape index (κ3) is 3.52. The fraction of sp³-hybridized carbons (Fsp3) is 0.500. The summed E-state index contributed by atoms with van der Waals surface area (Å²) >= 11 is 0. The molecule has 0 saturated carbocycles. The highest BCUT2D eigenvalue weighted by Gasteiger charge is 2.35. The molecule has 1 aromatic heterocycles. The van der Waals surface area contributed by atoms with Gasteiger partial charge in [0.05, 0.1) is 17.2 Å². The lowest BCUT2D eigenvalue weighted by Gasteiger charge is -2.23. The molecule has 1 amide bonds. The second kappa shape index (κ2) is 7.11. The lowest BCUT2D eigenvalue weighted by Crippen LogP contribution is -2.38. The van der Waals surface area contributed by atoms with Crippen molar-refractivity contribution in [1.82, 2.24) is 14.5 Å². The van der Waals surface area contributed by atoms with E-state index < -0.39 is 9.84 Å². The SMILES string of the molecule is CN(C(=O)c1nc(-c2ccccc2)n2c1CCCCC2)[C@H]1CCS(=O)(=O)C1. The van der Waals surface area contributed by atoms with Gasteiger partial charge >= 0.3 is 0 Å². The molecule has 0 radical (unpaired) electrons. The molecular weight excluding hydrogens is 362 g/mol. The molecule has 0 spiro atoms. The minimum Gasteiger partial charge on any atom is -0.336 e. The molecule has 0 N–H and O–H groups in total. The van der Waals surface area contributed by atoms with E-state index in [9.17, 15) is 13.2 Å². The van der Waals surface area contributed by atoms with E-state index in [0.29, 0.717) is 12.1 Å². The Morgan fingerprint density at radius 2 is 1.96 bits per heavy atom. The highest BCUT2D eigenvalue weighted by molar-refractivity contribution is 7.91. The van der Waals surface area contributed by atoms with E-state index in [-0.39, 0.29) is 23.5 Å². The Balaban J connectivity index is 1.72. The molecule has 4 rings (SSSR count). The van der Waals surface area contributed by atoms with Crippen LogP contribution in [0.3, 0.4) is 0 Å². The third-order valence-electron chi connectivity index (χ3n) is 5.68. The first-order valence-corrected chi connectivity index (χ1v) is 11.4. The first-order valence-electron chi connectivity index (χ1n) is 9.59. The maximum Gasteiger partial charge on any atom is 0.274 e. The van der Waals surface area contributed by atoms with Gasteiger partial charge in [0.25, 0.3) is 5.91 Å². The molecule has 1 saturated heterocycles. The van der Waals surface area contributed by atoms with Crippen molar-refractivity contribution in [1.29, 1.82) is 0 Å². The summed E-state index contributed by atoms with van der Waals surface area (Å²) in [5.41, 5.74) is 2.48. The van der Waals surface area contributed by atoms with E-state index in [2.05, 4.69) is 4.57 Å².